The van der Waals surface area contributed by atoms with Gasteiger partial charge in [0.1, 0.15) is 10.6 Å². The molecular formula is C13H21N3O2S. The summed E-state index contributed by atoms with van der Waals surface area (Å²) in [5, 5.41) is 0.844. The predicted molar refractivity (Wildman–Crippen MR) is 77.6 cm³/mol. The van der Waals surface area contributed by atoms with Gasteiger partial charge in [0.05, 0.1) is 7.11 Å². The van der Waals surface area contributed by atoms with Gasteiger partial charge in [-0.15, -0.1) is 0 Å². The fourth-order valence-electron chi connectivity index (χ4n) is 2.45. The highest BCUT2D eigenvalue weighted by molar-refractivity contribution is 7.11. The zero-order valence-electron chi connectivity index (χ0n) is 11.9. The van der Waals surface area contributed by atoms with E-state index in [1.807, 2.05) is 0 Å². The molecule has 1 aromatic heterocycles. The van der Waals surface area contributed by atoms with Gasteiger partial charge >= 0.3 is 5.97 Å². The molecule has 1 saturated heterocycles. The molecule has 19 heavy (non-hydrogen) atoms. The third kappa shape index (κ3) is 2.68. The molecule has 0 saturated carbocycles. The summed E-state index contributed by atoms with van der Waals surface area (Å²) in [6.07, 6.45) is 1.13. The quantitative estimate of drug-likeness (QED) is 0.844. The number of esters is 1. The number of nitrogen functional groups attached to an aromatic ring is 1. The van der Waals surface area contributed by atoms with Gasteiger partial charge in [-0.3, -0.25) is 0 Å². The summed E-state index contributed by atoms with van der Waals surface area (Å²) in [6, 6.07) is 0. The van der Waals surface area contributed by atoms with Crippen LogP contribution in [0.4, 0.5) is 10.8 Å². The summed E-state index contributed by atoms with van der Waals surface area (Å²) in [7, 11) is 1.37. The third-order valence-corrected chi connectivity index (χ3v) is 4.71. The summed E-state index contributed by atoms with van der Waals surface area (Å²) in [6.45, 7) is 8.64. The first kappa shape index (κ1) is 14.1. The first-order valence-electron chi connectivity index (χ1n) is 6.43. The Morgan fingerprint density at radius 2 is 2.21 bits per heavy atom. The molecule has 2 heterocycles. The summed E-state index contributed by atoms with van der Waals surface area (Å²) in [5.41, 5.74) is 6.47. The highest BCUT2D eigenvalue weighted by Gasteiger charge is 2.35. The smallest absolute Gasteiger partial charge is 0.344 e. The minimum absolute atomic E-state index is 0.269. The second-order valence-corrected chi connectivity index (χ2v) is 6.79. The number of rotatable bonds is 2. The van der Waals surface area contributed by atoms with Crippen LogP contribution >= 0.6 is 11.5 Å². The second kappa shape index (κ2) is 5.00. The molecule has 1 aliphatic rings. The minimum atomic E-state index is -0.402. The molecule has 1 unspecified atom stereocenters. The number of ether oxygens (including phenoxy) is 1. The number of nitrogens with zero attached hydrogens (tertiary/aromatic N) is 2. The first-order valence-corrected chi connectivity index (χ1v) is 7.20. The lowest BCUT2D eigenvalue weighted by molar-refractivity contribution is 0.0603. The van der Waals surface area contributed by atoms with Gasteiger partial charge in [-0.1, -0.05) is 20.8 Å². The molecule has 0 aliphatic carbocycles. The highest BCUT2D eigenvalue weighted by atomic mass is 32.1. The van der Waals surface area contributed by atoms with Crippen molar-refractivity contribution in [3.63, 3.8) is 0 Å². The van der Waals surface area contributed by atoms with Crippen molar-refractivity contribution < 1.29 is 9.53 Å². The SMILES string of the molecule is COC(=O)c1c(N)nsc1N1CCC(C(C)(C)C)C1. The zero-order chi connectivity index (χ0) is 14.2. The van der Waals surface area contributed by atoms with Crippen molar-refractivity contribution in [2.45, 2.75) is 27.2 Å². The normalized spacial score (nSPS) is 19.8. The maximum atomic E-state index is 11.8. The molecule has 106 valence electrons. The maximum Gasteiger partial charge on any atom is 0.344 e. The average Bonchev–Trinajstić information content (AvgIpc) is 2.93. The molecule has 0 spiro atoms. The number of methoxy groups -OCH3 is 1. The number of carbonyl (C=O) groups excluding carboxylic acids is 1. The number of nitrogens with two attached hydrogens (primary N) is 1. The van der Waals surface area contributed by atoms with E-state index in [-0.39, 0.29) is 11.2 Å². The van der Waals surface area contributed by atoms with Crippen LogP contribution in [-0.2, 0) is 4.74 Å². The molecular weight excluding hydrogens is 262 g/mol. The van der Waals surface area contributed by atoms with Crippen LogP contribution in [0, 0.1) is 11.3 Å². The Morgan fingerprint density at radius 3 is 2.74 bits per heavy atom. The van der Waals surface area contributed by atoms with Crippen LogP contribution in [0.25, 0.3) is 0 Å². The highest BCUT2D eigenvalue weighted by Crippen LogP contribution is 2.39. The van der Waals surface area contributed by atoms with E-state index in [1.165, 1.54) is 18.6 Å². The number of anilines is 2. The lowest BCUT2D eigenvalue weighted by Crippen LogP contribution is -2.26. The Morgan fingerprint density at radius 1 is 1.53 bits per heavy atom. The second-order valence-electron chi connectivity index (χ2n) is 6.04. The molecule has 2 rings (SSSR count). The lowest BCUT2D eigenvalue weighted by atomic mass is 9.80. The lowest BCUT2D eigenvalue weighted by Gasteiger charge is -2.27. The zero-order valence-corrected chi connectivity index (χ0v) is 12.7. The van der Waals surface area contributed by atoms with Gasteiger partial charge in [0.15, 0.2) is 5.82 Å². The fourth-order valence-corrected chi connectivity index (χ4v) is 3.29. The summed E-state index contributed by atoms with van der Waals surface area (Å²) in [4.78, 5) is 14.0. The molecule has 0 aromatic carbocycles. The van der Waals surface area contributed by atoms with Crippen LogP contribution in [0.5, 0.6) is 0 Å². The predicted octanol–water partition coefficient (Wildman–Crippen LogP) is 2.38. The van der Waals surface area contributed by atoms with Crippen LogP contribution in [-0.4, -0.2) is 30.5 Å². The molecule has 6 heteroatoms. The van der Waals surface area contributed by atoms with Crippen molar-refractivity contribution in [2.75, 3.05) is 30.8 Å². The molecule has 0 amide bonds. The van der Waals surface area contributed by atoms with Crippen molar-refractivity contribution in [3.8, 4) is 0 Å². The average molecular weight is 283 g/mol. The van der Waals surface area contributed by atoms with Crippen LogP contribution in [0.3, 0.4) is 0 Å². The molecule has 0 bridgehead atoms. The molecule has 0 radical (unpaired) electrons. The molecule has 2 N–H and O–H groups in total. The molecule has 1 aromatic rings. The van der Waals surface area contributed by atoms with E-state index >= 15 is 0 Å². The van der Waals surface area contributed by atoms with Crippen LogP contribution < -0.4 is 10.6 Å². The van der Waals surface area contributed by atoms with E-state index in [4.69, 9.17) is 10.5 Å². The summed E-state index contributed by atoms with van der Waals surface area (Å²) in [5.74, 6) is 0.479. The minimum Gasteiger partial charge on any atom is -0.465 e. The van der Waals surface area contributed by atoms with E-state index in [0.717, 1.165) is 24.5 Å². The van der Waals surface area contributed by atoms with Crippen molar-refractivity contribution >= 4 is 28.3 Å². The van der Waals surface area contributed by atoms with Gasteiger partial charge in [0.25, 0.3) is 0 Å². The maximum absolute atomic E-state index is 11.8. The van der Waals surface area contributed by atoms with Crippen molar-refractivity contribution in [1.29, 1.82) is 0 Å². The summed E-state index contributed by atoms with van der Waals surface area (Å²) >= 11 is 1.28. The fraction of sp³-hybridized carbons (Fsp3) is 0.692. The topological polar surface area (TPSA) is 68.5 Å². The Labute approximate surface area is 117 Å². The molecule has 5 nitrogen and oxygen atoms in total. The number of hydrogen-bond donors (Lipinski definition) is 1. The van der Waals surface area contributed by atoms with Crippen LogP contribution in [0.2, 0.25) is 0 Å². The van der Waals surface area contributed by atoms with Gasteiger partial charge in [0.2, 0.25) is 0 Å². The van der Waals surface area contributed by atoms with Crippen LogP contribution in [0.15, 0.2) is 0 Å². The van der Waals surface area contributed by atoms with Gasteiger partial charge in [-0.2, -0.15) is 4.37 Å². The standard InChI is InChI=1S/C13H21N3O2S/c1-13(2,3)8-5-6-16(7-8)11-9(12(17)18-4)10(14)15-19-11/h8H,5-7H2,1-4H3,(H2,14,15). The Kier molecular flexibility index (Phi) is 3.71. The first-order chi connectivity index (χ1) is 8.84. The van der Waals surface area contributed by atoms with E-state index in [1.54, 1.807) is 0 Å². The van der Waals surface area contributed by atoms with Gasteiger partial charge in [-0.05, 0) is 29.3 Å². The molecule has 1 fully saturated rings. The summed E-state index contributed by atoms with van der Waals surface area (Å²) < 4.78 is 8.89. The van der Waals surface area contributed by atoms with Crippen molar-refractivity contribution in [1.82, 2.24) is 4.37 Å². The van der Waals surface area contributed by atoms with Gasteiger partial charge in [0, 0.05) is 13.1 Å². The largest absolute Gasteiger partial charge is 0.465 e. The van der Waals surface area contributed by atoms with Gasteiger partial charge in [-0.25, -0.2) is 4.79 Å². The van der Waals surface area contributed by atoms with E-state index in [9.17, 15) is 4.79 Å². The molecule has 1 atom stereocenters. The van der Waals surface area contributed by atoms with Crippen molar-refractivity contribution in [3.05, 3.63) is 5.56 Å². The third-order valence-electron chi connectivity index (χ3n) is 3.79. The molecule has 1 aliphatic heterocycles. The monoisotopic (exact) mass is 283 g/mol. The number of hydrogen-bond acceptors (Lipinski definition) is 6. The van der Waals surface area contributed by atoms with Crippen molar-refractivity contribution in [2.24, 2.45) is 11.3 Å². The van der Waals surface area contributed by atoms with E-state index < -0.39 is 5.97 Å². The van der Waals surface area contributed by atoms with Crippen LogP contribution in [0.1, 0.15) is 37.6 Å². The Balaban J connectivity index is 2.23. The van der Waals surface area contributed by atoms with E-state index in [2.05, 4.69) is 30.0 Å². The van der Waals surface area contributed by atoms with E-state index in [0.29, 0.717) is 11.5 Å². The number of aromatic nitrogens is 1. The number of carbonyl (C=O) groups is 1. The van der Waals surface area contributed by atoms with Gasteiger partial charge < -0.3 is 15.4 Å². The Bertz CT molecular complexity index is 479. The Hall–Kier alpha value is -1.30.